The number of nitrogens with one attached hydrogen (secondary N) is 1. The molecule has 1 saturated heterocycles. The van der Waals surface area contributed by atoms with Gasteiger partial charge in [-0.1, -0.05) is 29.5 Å². The van der Waals surface area contributed by atoms with Gasteiger partial charge in [0, 0.05) is 12.1 Å². The zero-order valence-corrected chi connectivity index (χ0v) is 15.0. The van der Waals surface area contributed by atoms with Crippen LogP contribution in [-0.2, 0) is 17.8 Å². The first-order chi connectivity index (χ1) is 13.6. The van der Waals surface area contributed by atoms with Gasteiger partial charge in [-0.2, -0.15) is 0 Å². The Kier molecular flexibility index (Phi) is 5.43. The maximum atomic E-state index is 13.4. The Hall–Kier alpha value is -2.68. The van der Waals surface area contributed by atoms with Gasteiger partial charge in [-0.15, -0.1) is 5.10 Å². The second-order valence-corrected chi connectivity index (χ2v) is 6.81. The third-order valence-corrected chi connectivity index (χ3v) is 4.78. The molecular weight excluding hydrogens is 366 g/mol. The molecule has 1 fully saturated rings. The van der Waals surface area contributed by atoms with Crippen LogP contribution in [0.5, 0.6) is 0 Å². The Labute approximate surface area is 160 Å². The normalized spacial score (nSPS) is 21.9. The van der Waals surface area contributed by atoms with Gasteiger partial charge < -0.3 is 15.2 Å². The largest absolute Gasteiger partial charge is 0.389 e. The molecule has 1 aliphatic rings. The molecule has 28 heavy (non-hydrogen) atoms. The van der Waals surface area contributed by atoms with Crippen LogP contribution in [0.25, 0.3) is 11.3 Å². The van der Waals surface area contributed by atoms with Crippen LogP contribution in [0, 0.1) is 11.6 Å². The van der Waals surface area contributed by atoms with E-state index in [9.17, 15) is 13.9 Å². The van der Waals surface area contributed by atoms with Gasteiger partial charge in [0.25, 0.3) is 0 Å². The number of halogens is 2. The molecule has 8 heteroatoms. The van der Waals surface area contributed by atoms with Gasteiger partial charge in [0.1, 0.15) is 17.3 Å². The molecule has 0 unspecified atom stereocenters. The van der Waals surface area contributed by atoms with Crippen LogP contribution in [0.1, 0.15) is 5.56 Å². The van der Waals surface area contributed by atoms with E-state index in [0.717, 1.165) is 5.56 Å². The topological polar surface area (TPSA) is 72.2 Å². The highest BCUT2D eigenvalue weighted by Crippen LogP contribution is 2.20. The molecule has 0 aliphatic carbocycles. The number of nitrogens with zero attached hydrogens (tertiary/aromatic N) is 3. The Morgan fingerprint density at radius 3 is 2.75 bits per heavy atom. The van der Waals surface area contributed by atoms with Crippen molar-refractivity contribution in [2.24, 2.45) is 0 Å². The standard InChI is InChI=1S/C20H20F2N4O2/c21-15-6-4-13(5-7-15)9-23-20-18(27)12-28-19(20)11-26-10-17(24-25-26)14-2-1-3-16(22)8-14/h1-8,10,18-20,23,27H,9,11-12H2/t18-,19+,20+/m0/s1. The third kappa shape index (κ3) is 4.24. The highest BCUT2D eigenvalue weighted by Gasteiger charge is 2.36. The van der Waals surface area contributed by atoms with E-state index in [0.29, 0.717) is 24.3 Å². The zero-order chi connectivity index (χ0) is 19.5. The fourth-order valence-corrected chi connectivity index (χ4v) is 3.30. The van der Waals surface area contributed by atoms with E-state index in [4.69, 9.17) is 4.74 Å². The molecule has 2 aromatic carbocycles. The summed E-state index contributed by atoms with van der Waals surface area (Å²) in [6.45, 7) is 1.09. The molecule has 0 radical (unpaired) electrons. The van der Waals surface area contributed by atoms with Crippen molar-refractivity contribution in [1.82, 2.24) is 20.3 Å². The fourth-order valence-electron chi connectivity index (χ4n) is 3.30. The summed E-state index contributed by atoms with van der Waals surface area (Å²) >= 11 is 0. The monoisotopic (exact) mass is 386 g/mol. The molecule has 146 valence electrons. The van der Waals surface area contributed by atoms with Crippen LogP contribution < -0.4 is 5.32 Å². The number of aliphatic hydroxyl groups is 1. The molecule has 1 aliphatic heterocycles. The molecule has 4 rings (SSSR count). The Bertz CT molecular complexity index is 932. The minimum atomic E-state index is -0.656. The summed E-state index contributed by atoms with van der Waals surface area (Å²) in [6, 6.07) is 12.1. The van der Waals surface area contributed by atoms with E-state index in [-0.39, 0.29) is 30.4 Å². The van der Waals surface area contributed by atoms with Crippen LogP contribution >= 0.6 is 0 Å². The molecule has 1 aromatic heterocycles. The number of ether oxygens (including phenoxy) is 1. The maximum absolute atomic E-state index is 13.4. The van der Waals surface area contributed by atoms with Crippen molar-refractivity contribution in [2.45, 2.75) is 31.3 Å². The Balaban J connectivity index is 1.41. The molecule has 6 nitrogen and oxygen atoms in total. The van der Waals surface area contributed by atoms with Crippen molar-refractivity contribution in [3.05, 3.63) is 71.9 Å². The van der Waals surface area contributed by atoms with Gasteiger partial charge in [-0.25, -0.2) is 13.5 Å². The first-order valence-electron chi connectivity index (χ1n) is 9.02. The quantitative estimate of drug-likeness (QED) is 0.679. The lowest BCUT2D eigenvalue weighted by Crippen LogP contribution is -2.45. The van der Waals surface area contributed by atoms with Crippen molar-refractivity contribution in [1.29, 1.82) is 0 Å². The third-order valence-electron chi connectivity index (χ3n) is 4.78. The lowest BCUT2D eigenvalue weighted by molar-refractivity contribution is 0.0741. The van der Waals surface area contributed by atoms with Gasteiger partial charge >= 0.3 is 0 Å². The molecule has 0 amide bonds. The minimum absolute atomic E-state index is 0.219. The maximum Gasteiger partial charge on any atom is 0.123 e. The SMILES string of the molecule is O[C@H]1CO[C@H](Cn2cc(-c3cccc(F)c3)nn2)[C@@H]1NCc1ccc(F)cc1. The Morgan fingerprint density at radius 2 is 1.96 bits per heavy atom. The molecular formula is C20H20F2N4O2. The molecule has 3 atom stereocenters. The fraction of sp³-hybridized carbons (Fsp3) is 0.300. The average Bonchev–Trinajstić information content (AvgIpc) is 3.29. The molecule has 2 N–H and O–H groups in total. The number of aliphatic hydroxyl groups excluding tert-OH is 1. The second-order valence-electron chi connectivity index (χ2n) is 6.81. The number of hydrogen-bond acceptors (Lipinski definition) is 5. The summed E-state index contributed by atoms with van der Waals surface area (Å²) in [5.74, 6) is -0.620. The summed E-state index contributed by atoms with van der Waals surface area (Å²) in [5.41, 5.74) is 2.12. The van der Waals surface area contributed by atoms with Crippen LogP contribution in [0.3, 0.4) is 0 Å². The summed E-state index contributed by atoms with van der Waals surface area (Å²) < 4.78 is 33.7. The van der Waals surface area contributed by atoms with Crippen LogP contribution in [-0.4, -0.2) is 45.0 Å². The molecule has 0 spiro atoms. The number of rotatable bonds is 6. The summed E-state index contributed by atoms with van der Waals surface area (Å²) in [5, 5.41) is 21.7. The highest BCUT2D eigenvalue weighted by atomic mass is 19.1. The minimum Gasteiger partial charge on any atom is -0.389 e. The van der Waals surface area contributed by atoms with Gasteiger partial charge in [-0.05, 0) is 29.8 Å². The molecule has 2 heterocycles. The highest BCUT2D eigenvalue weighted by molar-refractivity contribution is 5.57. The molecule has 3 aromatic rings. The van der Waals surface area contributed by atoms with E-state index < -0.39 is 6.10 Å². The van der Waals surface area contributed by atoms with E-state index in [1.54, 1.807) is 35.1 Å². The van der Waals surface area contributed by atoms with Gasteiger partial charge in [0.2, 0.25) is 0 Å². The van der Waals surface area contributed by atoms with Crippen LogP contribution in [0.15, 0.2) is 54.7 Å². The van der Waals surface area contributed by atoms with E-state index >= 15 is 0 Å². The van der Waals surface area contributed by atoms with E-state index in [1.165, 1.54) is 24.3 Å². The Morgan fingerprint density at radius 1 is 1.14 bits per heavy atom. The summed E-state index contributed by atoms with van der Waals surface area (Å²) in [7, 11) is 0. The van der Waals surface area contributed by atoms with Crippen molar-refractivity contribution >= 4 is 0 Å². The second kappa shape index (κ2) is 8.14. The predicted molar refractivity (Wildman–Crippen MR) is 98.2 cm³/mol. The first-order valence-corrected chi connectivity index (χ1v) is 9.02. The van der Waals surface area contributed by atoms with Gasteiger partial charge in [0.05, 0.1) is 37.6 Å². The van der Waals surface area contributed by atoms with Crippen molar-refractivity contribution in [3.8, 4) is 11.3 Å². The van der Waals surface area contributed by atoms with E-state index in [1.807, 2.05) is 0 Å². The summed E-state index contributed by atoms with van der Waals surface area (Å²) in [6.07, 6.45) is 0.758. The van der Waals surface area contributed by atoms with Gasteiger partial charge in [-0.3, -0.25) is 0 Å². The van der Waals surface area contributed by atoms with Gasteiger partial charge in [0.15, 0.2) is 0 Å². The predicted octanol–water partition coefficient (Wildman–Crippen LogP) is 2.14. The van der Waals surface area contributed by atoms with Crippen molar-refractivity contribution < 1.29 is 18.6 Å². The summed E-state index contributed by atoms with van der Waals surface area (Å²) in [4.78, 5) is 0. The van der Waals surface area contributed by atoms with Crippen molar-refractivity contribution in [3.63, 3.8) is 0 Å². The number of hydrogen-bond donors (Lipinski definition) is 2. The number of benzene rings is 2. The van der Waals surface area contributed by atoms with E-state index in [2.05, 4.69) is 15.6 Å². The smallest absolute Gasteiger partial charge is 0.123 e. The lowest BCUT2D eigenvalue weighted by atomic mass is 10.1. The average molecular weight is 386 g/mol. The first kappa shape index (κ1) is 18.7. The number of aromatic nitrogens is 3. The molecule has 0 saturated carbocycles. The van der Waals surface area contributed by atoms with Crippen LogP contribution in [0.2, 0.25) is 0 Å². The lowest BCUT2D eigenvalue weighted by Gasteiger charge is -2.21. The zero-order valence-electron chi connectivity index (χ0n) is 15.0. The van der Waals surface area contributed by atoms with Crippen molar-refractivity contribution in [2.75, 3.05) is 6.61 Å². The molecule has 0 bridgehead atoms. The van der Waals surface area contributed by atoms with Crippen LogP contribution in [0.4, 0.5) is 8.78 Å².